The van der Waals surface area contributed by atoms with Crippen molar-refractivity contribution >= 4 is 22.8 Å². The summed E-state index contributed by atoms with van der Waals surface area (Å²) >= 11 is 0. The van der Waals surface area contributed by atoms with Crippen LogP contribution in [0.15, 0.2) is 12.4 Å². The third kappa shape index (κ3) is 5.39. The van der Waals surface area contributed by atoms with Gasteiger partial charge in [0.2, 0.25) is 0 Å². The zero-order chi connectivity index (χ0) is 15.1. The highest BCUT2D eigenvalue weighted by Gasteiger charge is 2.23. The van der Waals surface area contributed by atoms with Crippen LogP contribution in [0.5, 0.6) is 0 Å². The molecule has 0 bridgehead atoms. The van der Waals surface area contributed by atoms with E-state index >= 15 is 0 Å². The van der Waals surface area contributed by atoms with E-state index in [0.29, 0.717) is 24.3 Å². The molecule has 0 aliphatic heterocycles. The van der Waals surface area contributed by atoms with E-state index in [2.05, 4.69) is 15.7 Å². The van der Waals surface area contributed by atoms with Crippen molar-refractivity contribution in [3.63, 3.8) is 0 Å². The average molecular weight is 302 g/mol. The Morgan fingerprint density at radius 2 is 2.25 bits per heavy atom. The van der Waals surface area contributed by atoms with Crippen molar-refractivity contribution in [2.75, 3.05) is 18.6 Å². The van der Waals surface area contributed by atoms with Gasteiger partial charge in [0.15, 0.2) is 6.04 Å². The third-order valence-electron chi connectivity index (χ3n) is 2.47. The number of aryl methyl sites for hydroxylation is 1. The zero-order valence-electron chi connectivity index (χ0n) is 11.3. The molecule has 9 heteroatoms. The largest absolute Gasteiger partial charge is 0.479 e. The van der Waals surface area contributed by atoms with Gasteiger partial charge in [-0.1, -0.05) is 0 Å². The van der Waals surface area contributed by atoms with Crippen LogP contribution in [0.4, 0.5) is 4.79 Å². The lowest BCUT2D eigenvalue weighted by atomic mass is 10.1. The van der Waals surface area contributed by atoms with E-state index in [1.54, 1.807) is 13.3 Å². The van der Waals surface area contributed by atoms with E-state index < -0.39 is 28.8 Å². The van der Waals surface area contributed by atoms with Gasteiger partial charge in [0.25, 0.3) is 0 Å². The summed E-state index contributed by atoms with van der Waals surface area (Å²) in [5, 5.41) is 17.9. The number of carbonyl (C=O) groups is 2. The molecule has 0 aliphatic carbocycles. The van der Waals surface area contributed by atoms with Gasteiger partial charge in [-0.3, -0.25) is 8.89 Å². The van der Waals surface area contributed by atoms with E-state index in [4.69, 9.17) is 5.11 Å². The molecule has 0 aliphatic rings. The van der Waals surface area contributed by atoms with Crippen LogP contribution in [-0.2, 0) is 22.6 Å². The van der Waals surface area contributed by atoms with Crippen molar-refractivity contribution in [2.45, 2.75) is 12.5 Å². The highest BCUT2D eigenvalue weighted by Crippen LogP contribution is 2.11. The second-order valence-corrected chi connectivity index (χ2v) is 5.80. The first-order valence-corrected chi connectivity index (χ1v) is 7.68. The Morgan fingerprint density at radius 1 is 1.55 bits per heavy atom. The molecule has 3 N–H and O–H groups in total. The summed E-state index contributed by atoms with van der Waals surface area (Å²) in [6.45, 7) is 0.338. The predicted molar refractivity (Wildman–Crippen MR) is 73.7 cm³/mol. The van der Waals surface area contributed by atoms with Crippen molar-refractivity contribution in [3.8, 4) is 0 Å². The van der Waals surface area contributed by atoms with Crippen LogP contribution >= 0.6 is 0 Å². The summed E-state index contributed by atoms with van der Waals surface area (Å²) in [5.74, 6) is -0.673. The van der Waals surface area contributed by atoms with Crippen molar-refractivity contribution in [1.82, 2.24) is 20.4 Å². The van der Waals surface area contributed by atoms with Crippen LogP contribution in [0.2, 0.25) is 0 Å². The Morgan fingerprint density at radius 3 is 2.75 bits per heavy atom. The number of hydrogen-bond acceptors (Lipinski definition) is 4. The number of nitrogens with one attached hydrogen (secondary N) is 2. The molecular formula is C11H18N4O4S. The first-order valence-electron chi connectivity index (χ1n) is 5.96. The van der Waals surface area contributed by atoms with Crippen LogP contribution in [-0.4, -0.2) is 49.6 Å². The minimum absolute atomic E-state index is 0.338. The summed E-state index contributed by atoms with van der Waals surface area (Å²) in [6, 6.07) is -1.73. The van der Waals surface area contributed by atoms with E-state index in [9.17, 15) is 13.8 Å². The molecule has 8 nitrogen and oxygen atoms in total. The molecule has 1 heterocycles. The summed E-state index contributed by atoms with van der Waals surface area (Å²) in [6.07, 6.45) is 5.07. The van der Waals surface area contributed by atoms with Gasteiger partial charge >= 0.3 is 12.0 Å². The highest BCUT2D eigenvalue weighted by molar-refractivity contribution is 7.84. The van der Waals surface area contributed by atoms with Crippen molar-refractivity contribution < 1.29 is 18.9 Å². The standard InChI is InChI=1S/C11H18N4O4S/c1-15-7-8(6-13-15)9(10(16)17)14-11(18)12-4-3-5-20(2)19/h6-7,9H,3-5H2,1-2H3,(H,16,17)(H2,12,14,18). The molecule has 1 aromatic heterocycles. The van der Waals surface area contributed by atoms with Gasteiger partial charge in [-0.2, -0.15) is 5.10 Å². The SMILES string of the molecule is Cn1cc(C(NC(=O)NCCCS(C)=O)C(=O)O)cn1. The molecule has 1 aromatic rings. The Kier molecular flexibility index (Phi) is 6.16. The highest BCUT2D eigenvalue weighted by atomic mass is 32.2. The quantitative estimate of drug-likeness (QED) is 0.594. The smallest absolute Gasteiger partial charge is 0.331 e. The number of rotatable bonds is 7. The molecule has 2 unspecified atom stereocenters. The lowest BCUT2D eigenvalue weighted by Gasteiger charge is -2.13. The number of nitrogens with zero attached hydrogens (tertiary/aromatic N) is 2. The van der Waals surface area contributed by atoms with Gasteiger partial charge in [-0.05, 0) is 6.42 Å². The molecule has 112 valence electrons. The first kappa shape index (κ1) is 16.2. The van der Waals surface area contributed by atoms with Crippen LogP contribution in [0.25, 0.3) is 0 Å². The van der Waals surface area contributed by atoms with Gasteiger partial charge in [0.1, 0.15) is 0 Å². The van der Waals surface area contributed by atoms with E-state index in [0.717, 1.165) is 0 Å². The number of carboxylic acid groups (broad SMARTS) is 1. The second-order valence-electron chi connectivity index (χ2n) is 4.25. The van der Waals surface area contributed by atoms with Crippen LogP contribution in [0, 0.1) is 0 Å². The molecule has 0 aromatic carbocycles. The molecule has 2 amide bonds. The number of urea groups is 1. The molecule has 0 fully saturated rings. The fourth-order valence-corrected chi connectivity index (χ4v) is 2.09. The fourth-order valence-electron chi connectivity index (χ4n) is 1.54. The minimum atomic E-state index is -1.16. The Balaban J connectivity index is 2.48. The zero-order valence-corrected chi connectivity index (χ0v) is 12.1. The van der Waals surface area contributed by atoms with Gasteiger partial charge < -0.3 is 15.7 Å². The lowest BCUT2D eigenvalue weighted by Crippen LogP contribution is -2.41. The number of hydrogen-bond donors (Lipinski definition) is 3. The van der Waals surface area contributed by atoms with Crippen LogP contribution in [0.1, 0.15) is 18.0 Å². The molecule has 1 rings (SSSR count). The number of carbonyl (C=O) groups excluding carboxylic acids is 1. The third-order valence-corrected chi connectivity index (χ3v) is 3.34. The van der Waals surface area contributed by atoms with Crippen LogP contribution < -0.4 is 10.6 Å². The maximum atomic E-state index is 11.6. The van der Waals surface area contributed by atoms with Gasteiger partial charge in [-0.15, -0.1) is 0 Å². The topological polar surface area (TPSA) is 113 Å². The Bertz CT molecular complexity index is 502. The number of aliphatic carboxylic acids is 1. The van der Waals surface area contributed by atoms with Gasteiger partial charge in [0, 0.05) is 48.2 Å². The Hall–Kier alpha value is -1.90. The van der Waals surface area contributed by atoms with E-state index in [-0.39, 0.29) is 0 Å². The predicted octanol–water partition coefficient (Wildman–Crippen LogP) is -0.386. The summed E-state index contributed by atoms with van der Waals surface area (Å²) in [5.41, 5.74) is 0.393. The molecule has 2 atom stereocenters. The molecule has 0 spiro atoms. The first-order chi connectivity index (χ1) is 9.40. The van der Waals surface area contributed by atoms with E-state index in [1.165, 1.54) is 17.1 Å². The summed E-state index contributed by atoms with van der Waals surface area (Å²) < 4.78 is 12.3. The van der Waals surface area contributed by atoms with E-state index in [1.807, 2.05) is 0 Å². The molecule has 0 radical (unpaired) electrons. The molecular weight excluding hydrogens is 284 g/mol. The summed E-state index contributed by atoms with van der Waals surface area (Å²) in [4.78, 5) is 22.7. The lowest BCUT2D eigenvalue weighted by molar-refractivity contribution is -0.139. The summed E-state index contributed by atoms with van der Waals surface area (Å²) in [7, 11) is 0.758. The normalized spacial score (nSPS) is 13.5. The van der Waals surface area contributed by atoms with Gasteiger partial charge in [-0.25, -0.2) is 9.59 Å². The fraction of sp³-hybridized carbons (Fsp3) is 0.545. The molecule has 0 saturated carbocycles. The minimum Gasteiger partial charge on any atom is -0.479 e. The number of aromatic nitrogens is 2. The molecule has 20 heavy (non-hydrogen) atoms. The van der Waals surface area contributed by atoms with Crippen molar-refractivity contribution in [2.24, 2.45) is 7.05 Å². The molecule has 0 saturated heterocycles. The Labute approximate surface area is 119 Å². The van der Waals surface area contributed by atoms with Crippen molar-refractivity contribution in [1.29, 1.82) is 0 Å². The van der Waals surface area contributed by atoms with Crippen LogP contribution in [0.3, 0.4) is 0 Å². The monoisotopic (exact) mass is 302 g/mol. The van der Waals surface area contributed by atoms with Crippen molar-refractivity contribution in [3.05, 3.63) is 18.0 Å². The second kappa shape index (κ2) is 7.63. The maximum Gasteiger partial charge on any atom is 0.331 e. The number of amides is 2. The number of carboxylic acids is 1. The van der Waals surface area contributed by atoms with Gasteiger partial charge in [0.05, 0.1) is 6.20 Å². The maximum absolute atomic E-state index is 11.6. The average Bonchev–Trinajstić information content (AvgIpc) is 2.77.